The highest BCUT2D eigenvalue weighted by molar-refractivity contribution is 5.24. The number of aromatic nitrogens is 3. The minimum Gasteiger partial charge on any atom is -0.386 e. The second-order valence-corrected chi connectivity index (χ2v) is 4.90. The quantitative estimate of drug-likeness (QED) is 0.898. The lowest BCUT2D eigenvalue weighted by atomic mass is 10.0. The Balaban J connectivity index is 2.07. The molecule has 0 aliphatic rings. The van der Waals surface area contributed by atoms with Crippen molar-refractivity contribution in [3.8, 4) is 0 Å². The molecule has 0 amide bonds. The van der Waals surface area contributed by atoms with Crippen molar-refractivity contribution in [2.45, 2.75) is 46.3 Å². The molecule has 102 valence electrons. The van der Waals surface area contributed by atoms with Crippen LogP contribution in [0.4, 0.5) is 0 Å². The van der Waals surface area contributed by atoms with Gasteiger partial charge in [-0.15, -0.1) is 0 Å². The fraction of sp³-hybridized carbons (Fsp3) is 0.467. The molecule has 0 fully saturated rings. The lowest BCUT2D eigenvalue weighted by molar-refractivity contribution is 0.150. The van der Waals surface area contributed by atoms with Gasteiger partial charge < -0.3 is 5.11 Å². The van der Waals surface area contributed by atoms with E-state index in [-0.39, 0.29) is 0 Å². The maximum atomic E-state index is 10.2. The molecular formula is C15H21N3O. The van der Waals surface area contributed by atoms with Gasteiger partial charge in [-0.05, 0) is 31.4 Å². The van der Waals surface area contributed by atoms with Gasteiger partial charge in [0.05, 0.1) is 12.6 Å². The number of hydrogen-bond donors (Lipinski definition) is 1. The van der Waals surface area contributed by atoms with Gasteiger partial charge in [0.1, 0.15) is 11.6 Å². The summed E-state index contributed by atoms with van der Waals surface area (Å²) in [5, 5.41) is 14.5. The first-order chi connectivity index (χ1) is 9.10. The molecule has 0 bridgehead atoms. The second-order valence-electron chi connectivity index (χ2n) is 4.90. The molecule has 1 aromatic heterocycles. The highest BCUT2D eigenvalue weighted by atomic mass is 16.3. The number of benzene rings is 1. The number of aliphatic hydroxyl groups is 1. The van der Waals surface area contributed by atoms with Crippen LogP contribution in [0.15, 0.2) is 24.3 Å². The molecule has 0 saturated carbocycles. The topological polar surface area (TPSA) is 50.9 Å². The third-order valence-electron chi connectivity index (χ3n) is 3.21. The van der Waals surface area contributed by atoms with E-state index in [0.29, 0.717) is 6.54 Å². The van der Waals surface area contributed by atoms with Crippen LogP contribution in [0.2, 0.25) is 0 Å². The minimum absolute atomic E-state index is 0.444. The molecule has 2 rings (SSSR count). The van der Waals surface area contributed by atoms with Crippen molar-refractivity contribution in [1.29, 1.82) is 0 Å². The predicted molar refractivity (Wildman–Crippen MR) is 74.9 cm³/mol. The molecule has 1 heterocycles. The monoisotopic (exact) mass is 259 g/mol. The zero-order valence-corrected chi connectivity index (χ0v) is 11.8. The first kappa shape index (κ1) is 13.7. The zero-order chi connectivity index (χ0) is 13.8. The summed E-state index contributed by atoms with van der Waals surface area (Å²) in [6, 6.07) is 8.16. The van der Waals surface area contributed by atoms with E-state index < -0.39 is 6.10 Å². The van der Waals surface area contributed by atoms with Crippen LogP contribution in [-0.2, 0) is 13.0 Å². The molecule has 0 spiro atoms. The van der Waals surface area contributed by atoms with Crippen molar-refractivity contribution in [2.24, 2.45) is 0 Å². The Labute approximate surface area is 114 Å². The molecular weight excluding hydrogens is 238 g/mol. The lowest BCUT2D eigenvalue weighted by Gasteiger charge is -2.12. The highest BCUT2D eigenvalue weighted by Crippen LogP contribution is 2.17. The number of hydrogen-bond acceptors (Lipinski definition) is 3. The summed E-state index contributed by atoms with van der Waals surface area (Å²) in [5.74, 6) is 1.57. The summed E-state index contributed by atoms with van der Waals surface area (Å²) < 4.78 is 1.75. The van der Waals surface area contributed by atoms with E-state index in [9.17, 15) is 5.11 Å². The molecule has 1 N–H and O–H groups in total. The van der Waals surface area contributed by atoms with Gasteiger partial charge in [-0.2, -0.15) is 5.10 Å². The van der Waals surface area contributed by atoms with E-state index in [0.717, 1.165) is 30.1 Å². The molecule has 0 saturated heterocycles. The van der Waals surface area contributed by atoms with Crippen molar-refractivity contribution in [3.05, 3.63) is 47.0 Å². The Bertz CT molecular complexity index is 531. The normalized spacial score (nSPS) is 12.6. The summed E-state index contributed by atoms with van der Waals surface area (Å²) >= 11 is 0. The van der Waals surface area contributed by atoms with Crippen molar-refractivity contribution >= 4 is 0 Å². The van der Waals surface area contributed by atoms with E-state index in [1.165, 1.54) is 5.56 Å². The van der Waals surface area contributed by atoms with Crippen LogP contribution in [0.25, 0.3) is 0 Å². The van der Waals surface area contributed by atoms with Gasteiger partial charge in [0.25, 0.3) is 0 Å². The van der Waals surface area contributed by atoms with Crippen molar-refractivity contribution in [3.63, 3.8) is 0 Å². The molecule has 19 heavy (non-hydrogen) atoms. The smallest absolute Gasteiger partial charge is 0.147 e. The molecule has 0 aliphatic heterocycles. The van der Waals surface area contributed by atoms with Crippen LogP contribution in [0.5, 0.6) is 0 Å². The predicted octanol–water partition coefficient (Wildman–Crippen LogP) is 2.58. The maximum Gasteiger partial charge on any atom is 0.147 e. The van der Waals surface area contributed by atoms with E-state index in [1.807, 2.05) is 26.0 Å². The highest BCUT2D eigenvalue weighted by Gasteiger charge is 2.11. The van der Waals surface area contributed by atoms with Crippen molar-refractivity contribution in [2.75, 3.05) is 0 Å². The Kier molecular flexibility index (Phi) is 4.32. The van der Waals surface area contributed by atoms with Crippen LogP contribution in [0.1, 0.15) is 42.2 Å². The fourth-order valence-electron chi connectivity index (χ4n) is 2.20. The summed E-state index contributed by atoms with van der Waals surface area (Å²) in [7, 11) is 0. The first-order valence-electron chi connectivity index (χ1n) is 6.75. The molecule has 1 aromatic carbocycles. The van der Waals surface area contributed by atoms with Crippen molar-refractivity contribution < 1.29 is 5.11 Å². The SMILES string of the molecule is CCCc1ccc(C(O)Cn2nc(C)nc2C)cc1. The number of rotatable bonds is 5. The summed E-state index contributed by atoms with van der Waals surface area (Å²) in [4.78, 5) is 4.24. The van der Waals surface area contributed by atoms with Gasteiger partial charge in [-0.1, -0.05) is 37.6 Å². The fourth-order valence-corrected chi connectivity index (χ4v) is 2.20. The third kappa shape index (κ3) is 3.41. The van der Waals surface area contributed by atoms with Crippen LogP contribution in [0, 0.1) is 13.8 Å². The van der Waals surface area contributed by atoms with E-state index >= 15 is 0 Å². The Hall–Kier alpha value is -1.68. The Morgan fingerprint density at radius 3 is 2.42 bits per heavy atom. The summed E-state index contributed by atoms with van der Waals surface area (Å²) in [5.41, 5.74) is 2.23. The van der Waals surface area contributed by atoms with Crippen LogP contribution in [0.3, 0.4) is 0 Å². The summed E-state index contributed by atoms with van der Waals surface area (Å²) in [6.45, 7) is 6.37. The third-order valence-corrected chi connectivity index (χ3v) is 3.21. The number of aryl methyl sites for hydroxylation is 3. The largest absolute Gasteiger partial charge is 0.386 e. The maximum absolute atomic E-state index is 10.2. The second kappa shape index (κ2) is 5.97. The summed E-state index contributed by atoms with van der Waals surface area (Å²) in [6.07, 6.45) is 1.67. The van der Waals surface area contributed by atoms with Gasteiger partial charge in [0.15, 0.2) is 0 Å². The van der Waals surface area contributed by atoms with Crippen LogP contribution >= 0.6 is 0 Å². The average Bonchev–Trinajstić information content (AvgIpc) is 2.69. The van der Waals surface area contributed by atoms with Gasteiger partial charge in [0.2, 0.25) is 0 Å². The van der Waals surface area contributed by atoms with Crippen LogP contribution in [-0.4, -0.2) is 19.9 Å². The molecule has 1 unspecified atom stereocenters. The van der Waals surface area contributed by atoms with Crippen LogP contribution < -0.4 is 0 Å². The van der Waals surface area contributed by atoms with Gasteiger partial charge in [0, 0.05) is 0 Å². The first-order valence-corrected chi connectivity index (χ1v) is 6.75. The van der Waals surface area contributed by atoms with Gasteiger partial charge in [-0.3, -0.25) is 0 Å². The van der Waals surface area contributed by atoms with Gasteiger partial charge in [-0.25, -0.2) is 9.67 Å². The van der Waals surface area contributed by atoms with E-state index in [1.54, 1.807) is 4.68 Å². The molecule has 0 aliphatic carbocycles. The van der Waals surface area contributed by atoms with E-state index in [4.69, 9.17) is 0 Å². The molecule has 4 heteroatoms. The van der Waals surface area contributed by atoms with E-state index in [2.05, 4.69) is 29.1 Å². The van der Waals surface area contributed by atoms with Gasteiger partial charge >= 0.3 is 0 Å². The average molecular weight is 259 g/mol. The molecule has 0 radical (unpaired) electrons. The Morgan fingerprint density at radius 1 is 1.21 bits per heavy atom. The van der Waals surface area contributed by atoms with Crippen molar-refractivity contribution in [1.82, 2.24) is 14.8 Å². The minimum atomic E-state index is -0.546. The molecule has 2 aromatic rings. The number of aliphatic hydroxyl groups excluding tert-OH is 1. The Morgan fingerprint density at radius 2 is 1.89 bits per heavy atom. The number of nitrogens with zero attached hydrogens (tertiary/aromatic N) is 3. The molecule has 1 atom stereocenters. The molecule has 4 nitrogen and oxygen atoms in total. The lowest BCUT2D eigenvalue weighted by Crippen LogP contribution is -2.11. The zero-order valence-electron chi connectivity index (χ0n) is 11.8. The standard InChI is InChI=1S/C15H21N3O/c1-4-5-13-6-8-14(9-7-13)15(19)10-18-12(3)16-11(2)17-18/h6-9,15,19H,4-5,10H2,1-3H3.